The molecule has 0 spiro atoms. The predicted molar refractivity (Wildman–Crippen MR) is 157 cm³/mol. The summed E-state index contributed by atoms with van der Waals surface area (Å²) >= 11 is 0. The minimum atomic E-state index is 0.0408. The van der Waals surface area contributed by atoms with E-state index >= 15 is 0 Å². The Morgan fingerprint density at radius 1 is 1.07 bits per heavy atom. The van der Waals surface area contributed by atoms with E-state index in [1.165, 1.54) is 31.2 Å². The summed E-state index contributed by atoms with van der Waals surface area (Å²) in [6.07, 6.45) is 13.5. The number of carbonyl (C=O) groups excluding carboxylic acids is 1. The van der Waals surface area contributed by atoms with Crippen LogP contribution in [0.2, 0.25) is 0 Å². The number of rotatable bonds is 5. The number of nitrogens with zero attached hydrogens (tertiary/aromatic N) is 5. The van der Waals surface area contributed by atoms with Crippen molar-refractivity contribution >= 4 is 33.7 Å². The van der Waals surface area contributed by atoms with Crippen LogP contribution in [0.1, 0.15) is 80.8 Å². The average Bonchev–Trinajstić information content (AvgIpc) is 3.76. The number of H-pyrrole nitrogens is 1. The Balaban J connectivity index is 1.33. The number of anilines is 1. The first kappa shape index (κ1) is 25.4. The van der Waals surface area contributed by atoms with Crippen molar-refractivity contribution in [1.82, 2.24) is 35.1 Å². The van der Waals surface area contributed by atoms with E-state index in [0.29, 0.717) is 23.1 Å². The molecule has 208 valence electrons. The molecule has 4 aromatic heterocycles. The molecular formula is C31H38N8O. The van der Waals surface area contributed by atoms with Crippen LogP contribution in [0.4, 0.5) is 5.82 Å². The molecule has 0 bridgehead atoms. The molecule has 3 aliphatic rings. The fraction of sp³-hybridized carbons (Fsp3) is 0.516. The van der Waals surface area contributed by atoms with Crippen LogP contribution in [0, 0.1) is 5.41 Å². The minimum Gasteiger partial charge on any atom is -0.366 e. The molecular weight excluding hydrogens is 500 g/mol. The molecule has 1 amide bonds. The van der Waals surface area contributed by atoms with Crippen LogP contribution >= 0.6 is 0 Å². The number of hydrogen-bond donors (Lipinski definition) is 3. The van der Waals surface area contributed by atoms with Crippen LogP contribution in [0.25, 0.3) is 33.3 Å². The van der Waals surface area contributed by atoms with Gasteiger partial charge in [-0.05, 0) is 67.7 Å². The third-order valence-corrected chi connectivity index (χ3v) is 8.99. The van der Waals surface area contributed by atoms with E-state index in [1.807, 2.05) is 29.4 Å². The summed E-state index contributed by atoms with van der Waals surface area (Å²) in [5.41, 5.74) is 4.29. The van der Waals surface area contributed by atoms with Gasteiger partial charge >= 0.3 is 0 Å². The Labute approximate surface area is 234 Å². The van der Waals surface area contributed by atoms with Crippen molar-refractivity contribution in [3.05, 3.63) is 42.0 Å². The van der Waals surface area contributed by atoms with Crippen LogP contribution in [-0.2, 0) is 0 Å². The number of amides is 1. The number of piperidine rings is 1. The van der Waals surface area contributed by atoms with E-state index in [0.717, 1.165) is 73.1 Å². The number of likely N-dealkylation sites (tertiary alicyclic amines) is 1. The second-order valence-corrected chi connectivity index (χ2v) is 12.5. The SMILES string of the molecule is CC1(C)CNCCC1Nc1nc(-c2ccnc3[nH]c(C(=O)N4CCCCCC4)cc23)nc2cncc(C3CC3)c12. The van der Waals surface area contributed by atoms with Crippen LogP contribution in [-0.4, -0.2) is 67.9 Å². The zero-order valence-electron chi connectivity index (χ0n) is 23.5. The van der Waals surface area contributed by atoms with Gasteiger partial charge in [0.1, 0.15) is 17.2 Å². The van der Waals surface area contributed by atoms with Gasteiger partial charge in [-0.2, -0.15) is 0 Å². The third kappa shape index (κ3) is 4.70. The van der Waals surface area contributed by atoms with Gasteiger partial charge in [0.2, 0.25) is 0 Å². The fourth-order valence-corrected chi connectivity index (χ4v) is 6.42. The molecule has 2 aliphatic heterocycles. The van der Waals surface area contributed by atoms with E-state index in [1.54, 1.807) is 6.20 Å². The van der Waals surface area contributed by atoms with Gasteiger partial charge in [-0.1, -0.05) is 26.7 Å². The molecule has 9 heteroatoms. The molecule has 6 heterocycles. The first-order valence-electron chi connectivity index (χ1n) is 14.9. The van der Waals surface area contributed by atoms with Crippen LogP contribution in [0.3, 0.4) is 0 Å². The maximum absolute atomic E-state index is 13.4. The molecule has 2 saturated heterocycles. The van der Waals surface area contributed by atoms with Crippen molar-refractivity contribution in [2.45, 2.75) is 70.8 Å². The van der Waals surface area contributed by atoms with Gasteiger partial charge in [-0.3, -0.25) is 9.78 Å². The van der Waals surface area contributed by atoms with Gasteiger partial charge in [-0.15, -0.1) is 0 Å². The number of pyridine rings is 2. The number of aromatic amines is 1. The van der Waals surface area contributed by atoms with Crippen molar-refractivity contribution in [2.24, 2.45) is 5.41 Å². The molecule has 3 N–H and O–H groups in total. The smallest absolute Gasteiger partial charge is 0.270 e. The van der Waals surface area contributed by atoms with Gasteiger partial charge in [0, 0.05) is 54.4 Å². The fourth-order valence-electron chi connectivity index (χ4n) is 6.42. The highest BCUT2D eigenvalue weighted by Crippen LogP contribution is 2.45. The largest absolute Gasteiger partial charge is 0.366 e. The number of fused-ring (bicyclic) bond motifs is 2. The summed E-state index contributed by atoms with van der Waals surface area (Å²) in [5, 5.41) is 9.35. The average molecular weight is 539 g/mol. The Morgan fingerprint density at radius 3 is 2.67 bits per heavy atom. The highest BCUT2D eigenvalue weighted by atomic mass is 16.2. The second-order valence-electron chi connectivity index (χ2n) is 12.5. The van der Waals surface area contributed by atoms with Crippen molar-refractivity contribution in [3.63, 3.8) is 0 Å². The summed E-state index contributed by atoms with van der Waals surface area (Å²) < 4.78 is 0. The first-order valence-corrected chi connectivity index (χ1v) is 14.9. The molecule has 3 fully saturated rings. The standard InChI is InChI=1S/C31H38N8O/c1-31(2)18-32-11-10-25(31)37-29-26-22(19-7-8-19)16-33-17-24(26)36-28(38-29)20-9-12-34-27-21(20)15-23(35-27)30(40)39-13-5-3-4-6-14-39/h9,12,15-17,19,25,32H,3-8,10-11,13-14,18H2,1-2H3,(H,34,35)(H,36,37,38). The van der Waals surface area contributed by atoms with Gasteiger partial charge in [0.05, 0.1) is 11.7 Å². The number of aromatic nitrogens is 5. The lowest BCUT2D eigenvalue weighted by Gasteiger charge is -2.40. The molecule has 1 saturated carbocycles. The van der Waals surface area contributed by atoms with E-state index in [2.05, 4.69) is 39.4 Å². The first-order chi connectivity index (χ1) is 19.5. The van der Waals surface area contributed by atoms with E-state index in [9.17, 15) is 4.79 Å². The molecule has 1 unspecified atom stereocenters. The van der Waals surface area contributed by atoms with Crippen LogP contribution in [0.15, 0.2) is 30.7 Å². The summed E-state index contributed by atoms with van der Waals surface area (Å²) in [4.78, 5) is 38.1. The normalized spacial score (nSPS) is 21.4. The van der Waals surface area contributed by atoms with E-state index in [-0.39, 0.29) is 17.4 Å². The zero-order chi connectivity index (χ0) is 27.3. The highest BCUT2D eigenvalue weighted by Gasteiger charge is 2.34. The molecule has 0 radical (unpaired) electrons. The van der Waals surface area contributed by atoms with Crippen LogP contribution in [0.5, 0.6) is 0 Å². The summed E-state index contributed by atoms with van der Waals surface area (Å²) in [6.45, 7) is 8.16. The Bertz CT molecular complexity index is 1560. The molecule has 40 heavy (non-hydrogen) atoms. The molecule has 7 rings (SSSR count). The predicted octanol–water partition coefficient (Wildman–Crippen LogP) is 5.26. The van der Waals surface area contributed by atoms with Gasteiger partial charge in [0.15, 0.2) is 5.82 Å². The monoisotopic (exact) mass is 538 g/mol. The lowest BCUT2D eigenvalue weighted by molar-refractivity contribution is 0.0756. The molecule has 0 aromatic carbocycles. The number of hydrogen-bond acceptors (Lipinski definition) is 7. The highest BCUT2D eigenvalue weighted by molar-refractivity contribution is 6.02. The molecule has 1 atom stereocenters. The lowest BCUT2D eigenvalue weighted by atomic mass is 9.80. The third-order valence-electron chi connectivity index (χ3n) is 8.99. The van der Waals surface area contributed by atoms with Gasteiger partial charge in [-0.25, -0.2) is 15.0 Å². The summed E-state index contributed by atoms with van der Waals surface area (Å²) in [7, 11) is 0. The Morgan fingerprint density at radius 2 is 1.90 bits per heavy atom. The molecule has 1 aliphatic carbocycles. The number of carbonyl (C=O) groups is 1. The minimum absolute atomic E-state index is 0.0408. The topological polar surface area (TPSA) is 112 Å². The number of nitrogens with one attached hydrogen (secondary N) is 3. The van der Waals surface area contributed by atoms with Crippen molar-refractivity contribution in [1.29, 1.82) is 0 Å². The quantitative estimate of drug-likeness (QED) is 0.318. The Hall–Kier alpha value is -3.59. The maximum atomic E-state index is 13.4. The van der Waals surface area contributed by atoms with E-state index in [4.69, 9.17) is 9.97 Å². The maximum Gasteiger partial charge on any atom is 0.270 e. The lowest BCUT2D eigenvalue weighted by Crippen LogP contribution is -2.49. The van der Waals surface area contributed by atoms with Crippen molar-refractivity contribution < 1.29 is 4.79 Å². The van der Waals surface area contributed by atoms with Crippen LogP contribution < -0.4 is 10.6 Å². The summed E-state index contributed by atoms with van der Waals surface area (Å²) in [6, 6.07) is 4.16. The van der Waals surface area contributed by atoms with Gasteiger partial charge in [0.25, 0.3) is 5.91 Å². The molecule has 4 aromatic rings. The second kappa shape index (κ2) is 10.1. The molecule has 9 nitrogen and oxygen atoms in total. The van der Waals surface area contributed by atoms with Crippen molar-refractivity contribution in [3.8, 4) is 11.4 Å². The summed E-state index contributed by atoms with van der Waals surface area (Å²) in [5.74, 6) is 2.07. The van der Waals surface area contributed by atoms with Crippen molar-refractivity contribution in [2.75, 3.05) is 31.5 Å². The zero-order valence-corrected chi connectivity index (χ0v) is 23.5. The van der Waals surface area contributed by atoms with E-state index < -0.39 is 0 Å². The van der Waals surface area contributed by atoms with Gasteiger partial charge < -0.3 is 20.5 Å². The Kier molecular flexibility index (Phi) is 6.41.